The predicted molar refractivity (Wildman–Crippen MR) is 129 cm³/mol. The second kappa shape index (κ2) is 8.30. The topological polar surface area (TPSA) is 67.1 Å². The third-order valence-electron chi connectivity index (χ3n) is 6.13. The van der Waals surface area contributed by atoms with Gasteiger partial charge in [0.25, 0.3) is 0 Å². The molecule has 5 rings (SSSR count). The standard InChI is InChI=1S/C28H24O6/c1-17-15-24-25(33-17)16-23(27(29)32-4)22-13-14-28(34-26(22)24,18-5-9-20(30-2)10-6-18)19-7-11-21(31-3)12-8-19/h5-16H,1-4H3. The molecular formula is C28H24O6. The number of ether oxygens (including phenoxy) is 4. The van der Waals surface area contributed by atoms with Crippen molar-refractivity contribution in [2.45, 2.75) is 12.5 Å². The van der Waals surface area contributed by atoms with Gasteiger partial charge in [-0.2, -0.15) is 0 Å². The number of furan rings is 1. The summed E-state index contributed by atoms with van der Waals surface area (Å²) in [6.07, 6.45) is 3.88. The first-order valence-electron chi connectivity index (χ1n) is 10.8. The number of hydrogen-bond donors (Lipinski definition) is 0. The van der Waals surface area contributed by atoms with Crippen LogP contribution in [0.3, 0.4) is 0 Å². The van der Waals surface area contributed by atoms with Crippen molar-refractivity contribution in [2.75, 3.05) is 21.3 Å². The lowest BCUT2D eigenvalue weighted by Gasteiger charge is -2.36. The summed E-state index contributed by atoms with van der Waals surface area (Å²) in [5.74, 6) is 2.31. The van der Waals surface area contributed by atoms with E-state index in [4.69, 9.17) is 23.4 Å². The molecule has 0 bridgehead atoms. The third-order valence-corrected chi connectivity index (χ3v) is 6.13. The van der Waals surface area contributed by atoms with Crippen LogP contribution in [0.2, 0.25) is 0 Å². The van der Waals surface area contributed by atoms with E-state index in [9.17, 15) is 4.79 Å². The van der Waals surface area contributed by atoms with Gasteiger partial charge in [-0.25, -0.2) is 4.79 Å². The second-order valence-corrected chi connectivity index (χ2v) is 8.06. The summed E-state index contributed by atoms with van der Waals surface area (Å²) < 4.78 is 28.5. The lowest BCUT2D eigenvalue weighted by molar-refractivity contribution is 0.0599. The van der Waals surface area contributed by atoms with E-state index in [0.717, 1.165) is 33.8 Å². The molecule has 0 radical (unpaired) electrons. The van der Waals surface area contributed by atoms with Gasteiger partial charge < -0.3 is 23.4 Å². The van der Waals surface area contributed by atoms with Crippen LogP contribution in [0.1, 0.15) is 32.8 Å². The summed E-state index contributed by atoms with van der Waals surface area (Å²) in [6.45, 7) is 1.86. The highest BCUT2D eigenvalue weighted by molar-refractivity contribution is 6.02. The largest absolute Gasteiger partial charge is 0.497 e. The molecule has 0 amide bonds. The van der Waals surface area contributed by atoms with E-state index < -0.39 is 11.6 Å². The minimum atomic E-state index is -0.960. The van der Waals surface area contributed by atoms with E-state index in [-0.39, 0.29) is 0 Å². The van der Waals surface area contributed by atoms with Crippen molar-refractivity contribution in [3.63, 3.8) is 0 Å². The number of carbonyl (C=O) groups excluding carboxylic acids is 1. The van der Waals surface area contributed by atoms with Gasteiger partial charge in [0.2, 0.25) is 0 Å². The maximum Gasteiger partial charge on any atom is 0.338 e. The molecule has 0 saturated heterocycles. The highest BCUT2D eigenvalue weighted by Gasteiger charge is 2.39. The Hall–Kier alpha value is -4.19. The second-order valence-electron chi connectivity index (χ2n) is 8.06. The van der Waals surface area contributed by atoms with E-state index in [1.165, 1.54) is 7.11 Å². The molecule has 1 aromatic heterocycles. The molecule has 1 aliphatic rings. The molecule has 0 unspecified atom stereocenters. The molecule has 6 nitrogen and oxygen atoms in total. The number of esters is 1. The smallest absolute Gasteiger partial charge is 0.338 e. The van der Waals surface area contributed by atoms with Crippen molar-refractivity contribution in [1.82, 2.24) is 0 Å². The van der Waals surface area contributed by atoms with E-state index in [1.807, 2.05) is 73.7 Å². The van der Waals surface area contributed by atoms with Crippen LogP contribution in [0.15, 0.2) is 71.2 Å². The summed E-state index contributed by atoms with van der Waals surface area (Å²) in [4.78, 5) is 12.6. The Labute approximate surface area is 197 Å². The van der Waals surface area contributed by atoms with Crippen molar-refractivity contribution in [2.24, 2.45) is 0 Å². The number of rotatable bonds is 5. The van der Waals surface area contributed by atoms with E-state index in [0.29, 0.717) is 22.5 Å². The molecule has 34 heavy (non-hydrogen) atoms. The molecule has 0 saturated carbocycles. The average molecular weight is 456 g/mol. The van der Waals surface area contributed by atoms with Crippen LogP contribution in [0.25, 0.3) is 17.0 Å². The molecular weight excluding hydrogens is 432 g/mol. The number of hydrogen-bond acceptors (Lipinski definition) is 6. The first-order chi connectivity index (χ1) is 16.5. The van der Waals surface area contributed by atoms with Gasteiger partial charge in [-0.1, -0.05) is 24.3 Å². The van der Waals surface area contributed by atoms with Gasteiger partial charge in [0, 0.05) is 16.7 Å². The fourth-order valence-electron chi connectivity index (χ4n) is 4.40. The Morgan fingerprint density at radius 2 is 1.44 bits per heavy atom. The van der Waals surface area contributed by atoms with E-state index in [1.54, 1.807) is 20.3 Å². The van der Waals surface area contributed by atoms with Gasteiger partial charge in [-0.05, 0) is 55.5 Å². The lowest BCUT2D eigenvalue weighted by atomic mass is 9.83. The molecule has 4 aromatic rings. The SMILES string of the molecule is COC(=O)c1cc2oc(C)cc2c2c1C=CC(c1ccc(OC)cc1)(c1ccc(OC)cc1)O2. The first-order valence-corrected chi connectivity index (χ1v) is 10.8. The zero-order valence-electron chi connectivity index (χ0n) is 19.4. The normalized spacial score (nSPS) is 13.8. The van der Waals surface area contributed by atoms with Crippen LogP contribution in [0.5, 0.6) is 17.2 Å². The van der Waals surface area contributed by atoms with Crippen molar-refractivity contribution < 1.29 is 28.2 Å². The summed E-state index contributed by atoms with van der Waals surface area (Å²) in [5.41, 5.74) is 2.43. The van der Waals surface area contributed by atoms with E-state index in [2.05, 4.69) is 0 Å². The third kappa shape index (κ3) is 3.39. The van der Waals surface area contributed by atoms with Crippen LogP contribution >= 0.6 is 0 Å². The molecule has 0 fully saturated rings. The molecule has 172 valence electrons. The number of benzene rings is 3. The molecule has 1 aliphatic heterocycles. The van der Waals surface area contributed by atoms with Crippen LogP contribution in [-0.2, 0) is 10.3 Å². The molecule has 0 N–H and O–H groups in total. The minimum absolute atomic E-state index is 0.383. The van der Waals surface area contributed by atoms with Crippen LogP contribution < -0.4 is 14.2 Å². The molecule has 6 heteroatoms. The van der Waals surface area contributed by atoms with Crippen LogP contribution in [-0.4, -0.2) is 27.3 Å². The maximum atomic E-state index is 12.6. The van der Waals surface area contributed by atoms with Crippen LogP contribution in [0.4, 0.5) is 0 Å². The van der Waals surface area contributed by atoms with Gasteiger partial charge >= 0.3 is 5.97 Å². The van der Waals surface area contributed by atoms with Gasteiger partial charge in [-0.3, -0.25) is 0 Å². The molecule has 0 atom stereocenters. The predicted octanol–water partition coefficient (Wildman–Crippen LogP) is 5.89. The fourth-order valence-corrected chi connectivity index (χ4v) is 4.40. The first kappa shape index (κ1) is 21.6. The van der Waals surface area contributed by atoms with Gasteiger partial charge in [-0.15, -0.1) is 0 Å². The van der Waals surface area contributed by atoms with Gasteiger partial charge in [0.15, 0.2) is 5.60 Å². The summed E-state index contributed by atoms with van der Waals surface area (Å²) in [7, 11) is 4.63. The Kier molecular flexibility index (Phi) is 5.28. The van der Waals surface area contributed by atoms with Crippen molar-refractivity contribution in [3.05, 3.63) is 94.8 Å². The number of methoxy groups -OCH3 is 3. The van der Waals surface area contributed by atoms with Gasteiger partial charge in [0.1, 0.15) is 28.6 Å². The number of fused-ring (bicyclic) bond motifs is 3. The lowest BCUT2D eigenvalue weighted by Crippen LogP contribution is -2.34. The van der Waals surface area contributed by atoms with Crippen molar-refractivity contribution in [1.29, 1.82) is 0 Å². The zero-order valence-corrected chi connectivity index (χ0v) is 19.4. The Bertz CT molecular complexity index is 1350. The maximum absolute atomic E-state index is 12.6. The molecule has 2 heterocycles. The van der Waals surface area contributed by atoms with E-state index >= 15 is 0 Å². The Morgan fingerprint density at radius 1 is 0.853 bits per heavy atom. The monoisotopic (exact) mass is 456 g/mol. The Morgan fingerprint density at radius 3 is 1.97 bits per heavy atom. The van der Waals surface area contributed by atoms with Crippen molar-refractivity contribution >= 4 is 23.0 Å². The highest BCUT2D eigenvalue weighted by Crippen LogP contribution is 2.47. The highest BCUT2D eigenvalue weighted by atomic mass is 16.5. The van der Waals surface area contributed by atoms with Gasteiger partial charge in [0.05, 0.1) is 32.3 Å². The minimum Gasteiger partial charge on any atom is -0.497 e. The van der Waals surface area contributed by atoms with Crippen LogP contribution in [0, 0.1) is 6.92 Å². The molecule has 0 aliphatic carbocycles. The Balaban J connectivity index is 1.77. The summed E-state index contributed by atoms with van der Waals surface area (Å²) >= 11 is 0. The zero-order chi connectivity index (χ0) is 23.9. The number of aryl methyl sites for hydroxylation is 1. The molecule has 3 aromatic carbocycles. The quantitative estimate of drug-likeness (QED) is 0.349. The summed E-state index contributed by atoms with van der Waals surface area (Å²) in [5, 5.41) is 0.788. The summed E-state index contributed by atoms with van der Waals surface area (Å²) in [6, 6.07) is 19.1. The molecule has 0 spiro atoms. The van der Waals surface area contributed by atoms with Crippen molar-refractivity contribution in [3.8, 4) is 17.2 Å². The number of carbonyl (C=O) groups is 1. The fraction of sp³-hybridized carbons (Fsp3) is 0.179. The average Bonchev–Trinajstić information content (AvgIpc) is 3.28.